The highest BCUT2D eigenvalue weighted by Crippen LogP contribution is 2.33. The number of benzene rings is 2. The number of para-hydroxylation sites is 1. The molecule has 0 saturated heterocycles. The first-order valence-electron chi connectivity index (χ1n) is 7.02. The molecule has 0 saturated carbocycles. The van der Waals surface area contributed by atoms with Gasteiger partial charge in [0.2, 0.25) is 0 Å². The summed E-state index contributed by atoms with van der Waals surface area (Å²) >= 11 is 0. The van der Waals surface area contributed by atoms with Crippen molar-refractivity contribution in [3.8, 4) is 11.4 Å². The van der Waals surface area contributed by atoms with E-state index in [1.807, 2.05) is 28.9 Å². The molecule has 1 aliphatic carbocycles. The second-order valence-corrected chi connectivity index (χ2v) is 5.37. The number of fused-ring (bicyclic) bond motifs is 1. The van der Waals surface area contributed by atoms with Crippen molar-refractivity contribution in [2.75, 3.05) is 5.73 Å². The molecule has 5 nitrogen and oxygen atoms in total. The maximum Gasteiger partial charge on any atom is 0.184 e. The zero-order valence-corrected chi connectivity index (χ0v) is 11.5. The number of nitrogen functional groups attached to an aromatic ring is 1. The predicted octanol–water partition coefficient (Wildman–Crippen LogP) is 2.26. The molecule has 4 rings (SSSR count). The van der Waals surface area contributed by atoms with E-state index in [0.29, 0.717) is 5.69 Å². The van der Waals surface area contributed by atoms with Crippen LogP contribution in [-0.4, -0.2) is 20.2 Å². The molecule has 1 aromatic heterocycles. The largest absolute Gasteiger partial charge is 0.398 e. The first kappa shape index (κ1) is 12.1. The number of hydrogen-bond donors (Lipinski definition) is 1. The Hall–Kier alpha value is -2.69. The van der Waals surface area contributed by atoms with Gasteiger partial charge in [0.25, 0.3) is 0 Å². The Bertz CT molecular complexity index is 768. The van der Waals surface area contributed by atoms with Gasteiger partial charge in [-0.05, 0) is 46.5 Å². The van der Waals surface area contributed by atoms with Gasteiger partial charge in [0.1, 0.15) is 0 Å². The van der Waals surface area contributed by atoms with Gasteiger partial charge in [0.15, 0.2) is 5.82 Å². The summed E-state index contributed by atoms with van der Waals surface area (Å²) in [6.45, 7) is 0. The van der Waals surface area contributed by atoms with E-state index in [2.05, 4.69) is 39.8 Å². The molecule has 104 valence electrons. The highest BCUT2D eigenvalue weighted by Gasteiger charge is 2.26. The Balaban J connectivity index is 1.73. The Morgan fingerprint density at radius 1 is 0.952 bits per heavy atom. The van der Waals surface area contributed by atoms with Gasteiger partial charge in [0, 0.05) is 11.3 Å². The zero-order valence-electron chi connectivity index (χ0n) is 11.5. The molecule has 5 heteroatoms. The third kappa shape index (κ3) is 1.98. The summed E-state index contributed by atoms with van der Waals surface area (Å²) in [5.41, 5.74) is 10.4. The van der Waals surface area contributed by atoms with Crippen molar-refractivity contribution >= 4 is 5.69 Å². The van der Waals surface area contributed by atoms with E-state index in [-0.39, 0.29) is 6.04 Å². The van der Waals surface area contributed by atoms with Crippen molar-refractivity contribution in [1.29, 1.82) is 0 Å². The van der Waals surface area contributed by atoms with Crippen LogP contribution in [0.4, 0.5) is 5.69 Å². The lowest BCUT2D eigenvalue weighted by atomic mass is 10.1. The van der Waals surface area contributed by atoms with Crippen molar-refractivity contribution in [1.82, 2.24) is 20.2 Å². The molecule has 21 heavy (non-hydrogen) atoms. The molecule has 1 aliphatic rings. The molecule has 3 aromatic rings. The molecule has 0 unspecified atom stereocenters. The fourth-order valence-electron chi connectivity index (χ4n) is 3.03. The zero-order chi connectivity index (χ0) is 14.2. The van der Waals surface area contributed by atoms with E-state index in [0.717, 1.165) is 24.2 Å². The number of hydrogen-bond acceptors (Lipinski definition) is 4. The molecule has 2 aromatic carbocycles. The van der Waals surface area contributed by atoms with E-state index in [1.54, 1.807) is 0 Å². The number of tetrazole rings is 1. The number of anilines is 1. The predicted molar refractivity (Wildman–Crippen MR) is 80.6 cm³/mol. The van der Waals surface area contributed by atoms with Crippen LogP contribution in [0.2, 0.25) is 0 Å². The van der Waals surface area contributed by atoms with Gasteiger partial charge >= 0.3 is 0 Å². The topological polar surface area (TPSA) is 69.6 Å². The van der Waals surface area contributed by atoms with Crippen molar-refractivity contribution in [2.45, 2.75) is 18.9 Å². The average molecular weight is 277 g/mol. The number of nitrogens with two attached hydrogens (primary N) is 1. The van der Waals surface area contributed by atoms with Crippen LogP contribution in [0, 0.1) is 0 Å². The molecule has 0 spiro atoms. The van der Waals surface area contributed by atoms with Crippen LogP contribution in [0.25, 0.3) is 11.4 Å². The highest BCUT2D eigenvalue weighted by atomic mass is 15.5. The first-order valence-corrected chi connectivity index (χ1v) is 7.02. The van der Waals surface area contributed by atoms with Gasteiger partial charge in [-0.1, -0.05) is 36.4 Å². The van der Waals surface area contributed by atoms with Crippen LogP contribution in [-0.2, 0) is 12.8 Å². The van der Waals surface area contributed by atoms with Crippen LogP contribution in [0.15, 0.2) is 48.5 Å². The third-order valence-electron chi connectivity index (χ3n) is 4.07. The van der Waals surface area contributed by atoms with E-state index in [9.17, 15) is 0 Å². The summed E-state index contributed by atoms with van der Waals surface area (Å²) in [6, 6.07) is 16.5. The summed E-state index contributed by atoms with van der Waals surface area (Å²) in [7, 11) is 0. The second-order valence-electron chi connectivity index (χ2n) is 5.37. The maximum absolute atomic E-state index is 6.05. The number of nitrogens with zero attached hydrogens (tertiary/aromatic N) is 4. The Kier molecular flexibility index (Phi) is 2.70. The molecule has 0 bridgehead atoms. The summed E-state index contributed by atoms with van der Waals surface area (Å²) in [5.74, 6) is 0.742. The minimum Gasteiger partial charge on any atom is -0.398 e. The van der Waals surface area contributed by atoms with Gasteiger partial charge in [-0.3, -0.25) is 0 Å². The van der Waals surface area contributed by atoms with Crippen molar-refractivity contribution in [2.24, 2.45) is 0 Å². The van der Waals surface area contributed by atoms with Gasteiger partial charge in [-0.25, -0.2) is 4.68 Å². The van der Waals surface area contributed by atoms with E-state index >= 15 is 0 Å². The Morgan fingerprint density at radius 2 is 1.62 bits per heavy atom. The lowest BCUT2D eigenvalue weighted by Crippen LogP contribution is -2.13. The van der Waals surface area contributed by atoms with Crippen molar-refractivity contribution in [3.05, 3.63) is 59.7 Å². The number of aromatic nitrogens is 4. The van der Waals surface area contributed by atoms with Crippen LogP contribution in [0.1, 0.15) is 17.2 Å². The monoisotopic (exact) mass is 277 g/mol. The summed E-state index contributed by atoms with van der Waals surface area (Å²) in [4.78, 5) is 0. The minimum atomic E-state index is 0.256. The molecule has 0 fully saturated rings. The van der Waals surface area contributed by atoms with Gasteiger partial charge in [-0.15, -0.1) is 5.10 Å². The summed E-state index contributed by atoms with van der Waals surface area (Å²) < 4.78 is 1.91. The minimum absolute atomic E-state index is 0.256. The van der Waals surface area contributed by atoms with Crippen molar-refractivity contribution < 1.29 is 0 Å². The molecular weight excluding hydrogens is 262 g/mol. The summed E-state index contributed by atoms with van der Waals surface area (Å²) in [5, 5.41) is 12.2. The second kappa shape index (κ2) is 4.70. The molecule has 0 amide bonds. The highest BCUT2D eigenvalue weighted by molar-refractivity contribution is 5.71. The smallest absolute Gasteiger partial charge is 0.184 e. The van der Waals surface area contributed by atoms with Crippen LogP contribution in [0.3, 0.4) is 0 Å². The van der Waals surface area contributed by atoms with Crippen molar-refractivity contribution in [3.63, 3.8) is 0 Å². The quantitative estimate of drug-likeness (QED) is 0.729. The maximum atomic E-state index is 6.05. The van der Waals surface area contributed by atoms with E-state index in [4.69, 9.17) is 5.73 Å². The SMILES string of the molecule is Nc1ccccc1-c1nnnn1C1Cc2ccccc2C1. The normalized spacial score (nSPS) is 14.3. The van der Waals surface area contributed by atoms with Gasteiger partial charge in [0.05, 0.1) is 6.04 Å². The fourth-order valence-corrected chi connectivity index (χ4v) is 3.03. The Morgan fingerprint density at radius 3 is 2.33 bits per heavy atom. The van der Waals surface area contributed by atoms with Gasteiger partial charge < -0.3 is 5.73 Å². The fraction of sp³-hybridized carbons (Fsp3) is 0.188. The van der Waals surface area contributed by atoms with E-state index in [1.165, 1.54) is 11.1 Å². The third-order valence-corrected chi connectivity index (χ3v) is 4.07. The lowest BCUT2D eigenvalue weighted by Gasteiger charge is -2.12. The molecule has 0 atom stereocenters. The molecular formula is C16H15N5. The van der Waals surface area contributed by atoms with E-state index < -0.39 is 0 Å². The summed E-state index contributed by atoms with van der Waals surface area (Å²) in [6.07, 6.45) is 1.92. The first-order chi connectivity index (χ1) is 10.3. The van der Waals surface area contributed by atoms with Crippen LogP contribution in [0.5, 0.6) is 0 Å². The van der Waals surface area contributed by atoms with Crippen LogP contribution < -0.4 is 5.73 Å². The average Bonchev–Trinajstić information content (AvgIpc) is 3.13. The standard InChI is InChI=1S/C16H15N5/c17-15-8-4-3-7-14(15)16-18-19-20-21(16)13-9-11-5-1-2-6-12(11)10-13/h1-8,13H,9-10,17H2. The lowest BCUT2D eigenvalue weighted by molar-refractivity contribution is 0.466. The molecule has 2 N–H and O–H groups in total. The molecule has 1 heterocycles. The van der Waals surface area contributed by atoms with Gasteiger partial charge in [-0.2, -0.15) is 0 Å². The van der Waals surface area contributed by atoms with Crippen LogP contribution >= 0.6 is 0 Å². The Labute approximate surface area is 122 Å². The molecule has 0 radical (unpaired) electrons. The number of rotatable bonds is 2. The molecule has 0 aliphatic heterocycles.